The van der Waals surface area contributed by atoms with E-state index >= 15 is 0 Å². The van der Waals surface area contributed by atoms with E-state index < -0.39 is 0 Å². The maximum absolute atomic E-state index is 5.65. The number of benzene rings is 1. The molecule has 1 aromatic heterocycles. The van der Waals surface area contributed by atoms with Crippen LogP contribution >= 0.6 is 35.3 Å². The van der Waals surface area contributed by atoms with Crippen LogP contribution < -0.4 is 15.4 Å². The topological polar surface area (TPSA) is 58.5 Å². The number of hydrogen-bond donors (Lipinski definition) is 2. The lowest BCUT2D eigenvalue weighted by Crippen LogP contribution is -2.38. The molecule has 2 aromatic rings. The van der Waals surface area contributed by atoms with Crippen LogP contribution in [0.25, 0.3) is 0 Å². The van der Waals surface area contributed by atoms with Gasteiger partial charge < -0.3 is 15.4 Å². The van der Waals surface area contributed by atoms with Gasteiger partial charge in [-0.3, -0.25) is 4.99 Å². The Bertz CT molecular complexity index is 660. The second-order valence-corrected chi connectivity index (χ2v) is 6.17. The molecule has 25 heavy (non-hydrogen) atoms. The van der Waals surface area contributed by atoms with Crippen LogP contribution in [0.15, 0.2) is 34.6 Å². The third-order valence-electron chi connectivity index (χ3n) is 3.52. The molecule has 1 heterocycles. The Kier molecular flexibility index (Phi) is 10.5. The zero-order valence-electron chi connectivity index (χ0n) is 15.0. The SMILES string of the molecule is CCOc1ccccc1CNC(=NC)NCCc1csc(CC)n1.I. The van der Waals surface area contributed by atoms with E-state index in [-0.39, 0.29) is 24.0 Å². The number of ether oxygens (including phenoxy) is 1. The minimum Gasteiger partial charge on any atom is -0.494 e. The molecule has 2 N–H and O–H groups in total. The summed E-state index contributed by atoms with van der Waals surface area (Å²) in [6, 6.07) is 8.06. The van der Waals surface area contributed by atoms with Gasteiger partial charge in [0.05, 0.1) is 17.3 Å². The van der Waals surface area contributed by atoms with Crippen molar-refractivity contribution in [2.75, 3.05) is 20.2 Å². The minimum absolute atomic E-state index is 0. The van der Waals surface area contributed by atoms with Gasteiger partial charge >= 0.3 is 0 Å². The molecule has 0 aliphatic heterocycles. The molecular weight excluding hydrogens is 447 g/mol. The molecule has 5 nitrogen and oxygen atoms in total. The van der Waals surface area contributed by atoms with Crippen molar-refractivity contribution in [1.82, 2.24) is 15.6 Å². The molecule has 0 atom stereocenters. The molecule has 1 aromatic carbocycles. The number of nitrogens with zero attached hydrogens (tertiary/aromatic N) is 2. The van der Waals surface area contributed by atoms with Crippen LogP contribution in [-0.2, 0) is 19.4 Å². The summed E-state index contributed by atoms with van der Waals surface area (Å²) in [7, 11) is 1.78. The molecule has 0 amide bonds. The zero-order chi connectivity index (χ0) is 17.2. The number of rotatable bonds is 8. The molecule has 0 unspecified atom stereocenters. The van der Waals surface area contributed by atoms with Gasteiger partial charge in [-0.05, 0) is 19.4 Å². The first-order chi connectivity index (χ1) is 11.8. The lowest BCUT2D eigenvalue weighted by molar-refractivity contribution is 0.336. The van der Waals surface area contributed by atoms with Gasteiger partial charge in [-0.1, -0.05) is 25.1 Å². The van der Waals surface area contributed by atoms with Crippen molar-refractivity contribution in [2.24, 2.45) is 4.99 Å². The minimum atomic E-state index is 0. The zero-order valence-corrected chi connectivity index (χ0v) is 18.2. The highest BCUT2D eigenvalue weighted by atomic mass is 127. The smallest absolute Gasteiger partial charge is 0.191 e. The molecule has 0 bridgehead atoms. The Morgan fingerprint density at radius 1 is 1.24 bits per heavy atom. The molecule has 0 radical (unpaired) electrons. The van der Waals surface area contributed by atoms with Crippen LogP contribution in [0, 0.1) is 0 Å². The number of aromatic nitrogens is 1. The molecule has 0 aliphatic rings. The van der Waals surface area contributed by atoms with Crippen molar-refractivity contribution in [3.8, 4) is 5.75 Å². The molecule has 7 heteroatoms. The number of hydrogen-bond acceptors (Lipinski definition) is 4. The number of halogens is 1. The van der Waals surface area contributed by atoms with Crippen molar-refractivity contribution < 1.29 is 4.74 Å². The first-order valence-corrected chi connectivity index (χ1v) is 9.23. The third-order valence-corrected chi connectivity index (χ3v) is 4.56. The van der Waals surface area contributed by atoms with E-state index in [9.17, 15) is 0 Å². The fraction of sp³-hybridized carbons (Fsp3) is 0.444. The van der Waals surface area contributed by atoms with Crippen LogP contribution in [0.3, 0.4) is 0 Å². The van der Waals surface area contributed by atoms with Crippen molar-refractivity contribution >= 4 is 41.3 Å². The van der Waals surface area contributed by atoms with Crippen LogP contribution in [0.4, 0.5) is 0 Å². The van der Waals surface area contributed by atoms with Crippen molar-refractivity contribution in [2.45, 2.75) is 33.2 Å². The molecule has 138 valence electrons. The predicted octanol–water partition coefficient (Wildman–Crippen LogP) is 3.63. The summed E-state index contributed by atoms with van der Waals surface area (Å²) in [5, 5.41) is 9.99. The van der Waals surface area contributed by atoms with E-state index in [1.807, 2.05) is 25.1 Å². The maximum Gasteiger partial charge on any atom is 0.191 e. The average molecular weight is 474 g/mol. The third kappa shape index (κ3) is 7.19. The van der Waals surface area contributed by atoms with Gasteiger partial charge in [-0.15, -0.1) is 35.3 Å². The first kappa shape index (κ1) is 21.7. The molecule has 0 saturated carbocycles. The van der Waals surface area contributed by atoms with Gasteiger partial charge in [-0.2, -0.15) is 0 Å². The maximum atomic E-state index is 5.65. The van der Waals surface area contributed by atoms with E-state index in [2.05, 4.69) is 39.0 Å². The van der Waals surface area contributed by atoms with Gasteiger partial charge in [0.1, 0.15) is 5.75 Å². The summed E-state index contributed by atoms with van der Waals surface area (Å²) in [6.07, 6.45) is 1.90. The molecule has 0 aliphatic carbocycles. The summed E-state index contributed by atoms with van der Waals surface area (Å²) in [5.41, 5.74) is 2.26. The Balaban J connectivity index is 0.00000312. The Morgan fingerprint density at radius 3 is 2.72 bits per heavy atom. The number of thiazole rings is 1. The number of aryl methyl sites for hydroxylation is 1. The summed E-state index contributed by atoms with van der Waals surface area (Å²) in [4.78, 5) is 8.85. The average Bonchev–Trinajstić information content (AvgIpc) is 3.07. The van der Waals surface area contributed by atoms with Crippen LogP contribution in [0.2, 0.25) is 0 Å². The first-order valence-electron chi connectivity index (χ1n) is 8.35. The number of nitrogens with one attached hydrogen (secondary N) is 2. The van der Waals surface area contributed by atoms with Gasteiger partial charge in [-0.25, -0.2) is 4.98 Å². The van der Waals surface area contributed by atoms with Crippen molar-refractivity contribution in [3.63, 3.8) is 0 Å². The van der Waals surface area contributed by atoms with E-state index in [1.165, 1.54) is 5.01 Å². The fourth-order valence-corrected chi connectivity index (χ4v) is 3.06. The Morgan fingerprint density at radius 2 is 2.04 bits per heavy atom. The van der Waals surface area contributed by atoms with E-state index in [1.54, 1.807) is 18.4 Å². The van der Waals surface area contributed by atoms with Gasteiger partial charge in [0, 0.05) is 37.5 Å². The quantitative estimate of drug-likeness (QED) is 0.349. The fourth-order valence-electron chi connectivity index (χ4n) is 2.28. The monoisotopic (exact) mass is 474 g/mol. The molecule has 0 saturated heterocycles. The Labute approximate surface area is 171 Å². The van der Waals surface area contributed by atoms with Crippen LogP contribution in [-0.4, -0.2) is 31.1 Å². The van der Waals surface area contributed by atoms with Gasteiger partial charge in [0.2, 0.25) is 0 Å². The molecule has 2 rings (SSSR count). The largest absolute Gasteiger partial charge is 0.494 e. The Hall–Kier alpha value is -1.35. The highest BCUT2D eigenvalue weighted by Gasteiger charge is 2.05. The predicted molar refractivity (Wildman–Crippen MR) is 116 cm³/mol. The second kappa shape index (κ2) is 12.1. The highest BCUT2D eigenvalue weighted by molar-refractivity contribution is 14.0. The van der Waals surface area contributed by atoms with E-state index in [4.69, 9.17) is 4.74 Å². The normalized spacial score (nSPS) is 10.9. The lowest BCUT2D eigenvalue weighted by Gasteiger charge is -2.14. The number of para-hydroxylation sites is 1. The molecular formula is C18H27IN4OS. The second-order valence-electron chi connectivity index (χ2n) is 5.23. The van der Waals surface area contributed by atoms with Crippen LogP contribution in [0.1, 0.15) is 30.1 Å². The highest BCUT2D eigenvalue weighted by Crippen LogP contribution is 2.17. The number of guanidine groups is 1. The van der Waals surface area contributed by atoms with Crippen molar-refractivity contribution in [1.29, 1.82) is 0 Å². The van der Waals surface area contributed by atoms with Crippen molar-refractivity contribution in [3.05, 3.63) is 45.9 Å². The summed E-state index contributed by atoms with van der Waals surface area (Å²) >= 11 is 1.73. The van der Waals surface area contributed by atoms with Gasteiger partial charge in [0.25, 0.3) is 0 Å². The van der Waals surface area contributed by atoms with E-state index in [0.717, 1.165) is 42.4 Å². The van der Waals surface area contributed by atoms with E-state index in [0.29, 0.717) is 13.2 Å². The summed E-state index contributed by atoms with van der Waals surface area (Å²) in [6.45, 7) is 6.27. The lowest BCUT2D eigenvalue weighted by atomic mass is 10.2. The van der Waals surface area contributed by atoms with Crippen LogP contribution in [0.5, 0.6) is 5.75 Å². The summed E-state index contributed by atoms with van der Waals surface area (Å²) < 4.78 is 5.65. The standard InChI is InChI=1S/C18H26N4OS.HI/c1-4-17-22-15(13-24-17)10-11-20-18(19-3)21-12-14-8-6-7-9-16(14)23-5-2;/h6-9,13H,4-5,10-12H2,1-3H3,(H2,19,20,21);1H. The van der Waals surface area contributed by atoms with Gasteiger partial charge in [0.15, 0.2) is 5.96 Å². The molecule has 0 fully saturated rings. The number of aliphatic imine (C=N–C) groups is 1. The summed E-state index contributed by atoms with van der Waals surface area (Å²) in [5.74, 6) is 1.70. The molecule has 0 spiro atoms.